The van der Waals surface area contributed by atoms with Gasteiger partial charge in [-0.1, -0.05) is 6.08 Å². The number of rotatable bonds is 4. The van der Waals surface area contributed by atoms with Crippen molar-refractivity contribution >= 4 is 29.1 Å². The van der Waals surface area contributed by atoms with Gasteiger partial charge in [0.15, 0.2) is 0 Å². The van der Waals surface area contributed by atoms with Gasteiger partial charge >= 0.3 is 5.97 Å². The van der Waals surface area contributed by atoms with E-state index >= 15 is 0 Å². The first-order chi connectivity index (χ1) is 13.1. The average Bonchev–Trinajstić information content (AvgIpc) is 2.64. The number of aliphatic imine (C=N–C) groups is 1. The molecular formula is C22H24N2O4. The summed E-state index contributed by atoms with van der Waals surface area (Å²) in [5.74, 6) is -0.811. The average molecular weight is 380 g/mol. The van der Waals surface area contributed by atoms with Gasteiger partial charge in [-0.15, -0.1) is 0 Å². The number of allylic oxidation sites excluding steroid dienone is 1. The third kappa shape index (κ3) is 3.45. The monoisotopic (exact) mass is 380 g/mol. The van der Waals surface area contributed by atoms with E-state index in [0.29, 0.717) is 11.4 Å². The quantitative estimate of drug-likeness (QED) is 0.764. The van der Waals surface area contributed by atoms with Gasteiger partial charge in [-0.2, -0.15) is 0 Å². The molecule has 0 unspecified atom stereocenters. The predicted octanol–water partition coefficient (Wildman–Crippen LogP) is 4.48. The summed E-state index contributed by atoms with van der Waals surface area (Å²) in [6.45, 7) is 6.40. The Balaban J connectivity index is 2.04. The zero-order valence-corrected chi connectivity index (χ0v) is 16.6. The molecule has 2 aromatic rings. The number of aromatic hydroxyl groups is 1. The second-order valence-electron chi connectivity index (χ2n) is 7.42. The highest BCUT2D eigenvalue weighted by Gasteiger charge is 2.29. The number of hydrogen-bond donors (Lipinski definition) is 2. The molecule has 2 N–H and O–H groups in total. The molecule has 0 radical (unpaired) electrons. The fourth-order valence-electron chi connectivity index (χ4n) is 3.39. The van der Waals surface area contributed by atoms with Crippen LogP contribution in [0.2, 0.25) is 0 Å². The van der Waals surface area contributed by atoms with Crippen LogP contribution >= 0.6 is 0 Å². The maximum atomic E-state index is 11.2. The summed E-state index contributed by atoms with van der Waals surface area (Å²) < 4.78 is 5.56. The van der Waals surface area contributed by atoms with Crippen molar-refractivity contribution in [2.24, 2.45) is 4.99 Å². The first-order valence-corrected chi connectivity index (χ1v) is 8.90. The number of methoxy groups -OCH3 is 1. The molecule has 0 spiro atoms. The number of benzene rings is 2. The summed E-state index contributed by atoms with van der Waals surface area (Å²) in [4.78, 5) is 17.8. The number of carboxylic acid groups (broad SMARTS) is 1. The molecule has 0 fully saturated rings. The molecule has 0 saturated heterocycles. The van der Waals surface area contributed by atoms with Crippen LogP contribution in [0.1, 0.15) is 42.3 Å². The predicted molar refractivity (Wildman–Crippen MR) is 111 cm³/mol. The molecule has 0 aromatic heterocycles. The first-order valence-electron chi connectivity index (χ1n) is 8.90. The summed E-state index contributed by atoms with van der Waals surface area (Å²) >= 11 is 0. The lowest BCUT2D eigenvalue weighted by Crippen LogP contribution is -2.42. The second-order valence-corrected chi connectivity index (χ2v) is 7.42. The molecule has 0 amide bonds. The van der Waals surface area contributed by atoms with Gasteiger partial charge in [0.25, 0.3) is 0 Å². The number of likely N-dealkylation sites (N-methyl/N-ethyl adjacent to an activating group) is 1. The summed E-state index contributed by atoms with van der Waals surface area (Å²) in [5.41, 5.74) is 4.28. The number of aromatic carboxylic acids is 1. The lowest BCUT2D eigenvalue weighted by atomic mass is 9.88. The molecule has 1 heterocycles. The number of fused-ring (bicyclic) bond motifs is 1. The van der Waals surface area contributed by atoms with E-state index in [-0.39, 0.29) is 16.9 Å². The Morgan fingerprint density at radius 1 is 1.25 bits per heavy atom. The van der Waals surface area contributed by atoms with Gasteiger partial charge in [-0.3, -0.25) is 4.99 Å². The molecule has 28 heavy (non-hydrogen) atoms. The zero-order chi connectivity index (χ0) is 20.6. The van der Waals surface area contributed by atoms with E-state index in [2.05, 4.69) is 43.8 Å². The first kappa shape index (κ1) is 19.5. The van der Waals surface area contributed by atoms with E-state index in [1.807, 2.05) is 12.1 Å². The van der Waals surface area contributed by atoms with Gasteiger partial charge in [-0.05, 0) is 50.6 Å². The highest BCUT2D eigenvalue weighted by atomic mass is 16.5. The normalized spacial score (nSPS) is 15.3. The van der Waals surface area contributed by atoms with E-state index < -0.39 is 5.97 Å². The summed E-state index contributed by atoms with van der Waals surface area (Å²) in [6.07, 6.45) is 3.87. The van der Waals surface area contributed by atoms with Crippen molar-refractivity contribution in [3.05, 3.63) is 53.1 Å². The van der Waals surface area contributed by atoms with Gasteiger partial charge < -0.3 is 19.8 Å². The topological polar surface area (TPSA) is 82.4 Å². The molecule has 6 nitrogen and oxygen atoms in total. The highest BCUT2D eigenvalue weighted by Crippen LogP contribution is 2.41. The Morgan fingerprint density at radius 2 is 1.96 bits per heavy atom. The number of anilines is 1. The van der Waals surface area contributed by atoms with Crippen LogP contribution in [0.25, 0.3) is 5.57 Å². The lowest BCUT2D eigenvalue weighted by Gasteiger charge is -2.40. The third-order valence-corrected chi connectivity index (χ3v) is 5.13. The van der Waals surface area contributed by atoms with Crippen molar-refractivity contribution in [1.82, 2.24) is 0 Å². The number of phenols is 1. The van der Waals surface area contributed by atoms with Gasteiger partial charge in [0.2, 0.25) is 0 Å². The van der Waals surface area contributed by atoms with E-state index in [4.69, 9.17) is 9.84 Å². The van der Waals surface area contributed by atoms with Crippen LogP contribution in [-0.2, 0) is 0 Å². The number of ether oxygens (including phenoxy) is 1. The molecule has 0 bridgehead atoms. The number of carboxylic acids is 1. The van der Waals surface area contributed by atoms with E-state index in [1.165, 1.54) is 17.7 Å². The van der Waals surface area contributed by atoms with Crippen molar-refractivity contribution < 1.29 is 19.7 Å². The molecule has 0 atom stereocenters. The lowest BCUT2D eigenvalue weighted by molar-refractivity contribution is 0.0693. The van der Waals surface area contributed by atoms with Crippen molar-refractivity contribution in [3.63, 3.8) is 0 Å². The maximum Gasteiger partial charge on any atom is 0.339 e. The van der Waals surface area contributed by atoms with Crippen LogP contribution in [0.4, 0.5) is 11.4 Å². The molecular weight excluding hydrogens is 356 g/mol. The summed E-state index contributed by atoms with van der Waals surface area (Å²) in [5, 5.41) is 18.8. The van der Waals surface area contributed by atoms with Gasteiger partial charge in [-0.25, -0.2) is 4.79 Å². The highest BCUT2D eigenvalue weighted by molar-refractivity contribution is 5.94. The van der Waals surface area contributed by atoms with Crippen LogP contribution in [0.3, 0.4) is 0 Å². The zero-order valence-electron chi connectivity index (χ0n) is 16.6. The van der Waals surface area contributed by atoms with Crippen molar-refractivity contribution in [2.75, 3.05) is 19.1 Å². The molecule has 0 saturated carbocycles. The van der Waals surface area contributed by atoms with Crippen LogP contribution in [0, 0.1) is 0 Å². The molecule has 1 aliphatic rings. The van der Waals surface area contributed by atoms with E-state index in [1.54, 1.807) is 19.4 Å². The van der Waals surface area contributed by atoms with Crippen LogP contribution < -0.4 is 9.64 Å². The minimum atomic E-state index is -1.20. The fourth-order valence-corrected chi connectivity index (χ4v) is 3.39. The Labute approximate surface area is 164 Å². The molecule has 2 aromatic carbocycles. The van der Waals surface area contributed by atoms with Gasteiger partial charge in [0, 0.05) is 36.1 Å². The van der Waals surface area contributed by atoms with E-state index in [0.717, 1.165) is 16.8 Å². The van der Waals surface area contributed by atoms with E-state index in [9.17, 15) is 9.90 Å². The standard InChI is InChI=1S/C22H24N2O4/c1-13-11-22(2,3)24(4)18-10-20(28-5)14(8-16(13)18)12-23-15-6-7-19(25)17(9-15)21(26)27/h6-12,25H,1-5H3,(H,26,27). The summed E-state index contributed by atoms with van der Waals surface area (Å²) in [7, 11) is 3.66. The minimum Gasteiger partial charge on any atom is -0.507 e. The largest absolute Gasteiger partial charge is 0.507 e. The maximum absolute atomic E-state index is 11.2. The number of carbonyl (C=O) groups is 1. The molecule has 146 valence electrons. The molecule has 6 heteroatoms. The van der Waals surface area contributed by atoms with Gasteiger partial charge in [0.1, 0.15) is 17.1 Å². The number of nitrogens with zero attached hydrogens (tertiary/aromatic N) is 2. The Morgan fingerprint density at radius 3 is 2.61 bits per heavy atom. The SMILES string of the molecule is COc1cc2c(cc1C=Nc1ccc(O)c(C(=O)O)c1)C(C)=CC(C)(C)N2C. The van der Waals surface area contributed by atoms with Crippen molar-refractivity contribution in [2.45, 2.75) is 26.3 Å². The molecule has 3 rings (SSSR count). The Kier molecular flexibility index (Phi) is 4.89. The second kappa shape index (κ2) is 7.03. The van der Waals surface area contributed by atoms with Crippen LogP contribution in [-0.4, -0.2) is 42.1 Å². The third-order valence-electron chi connectivity index (χ3n) is 5.13. The molecule has 1 aliphatic heterocycles. The van der Waals surface area contributed by atoms with Crippen LogP contribution in [0.5, 0.6) is 11.5 Å². The smallest absolute Gasteiger partial charge is 0.339 e. The minimum absolute atomic E-state index is 0.100. The molecule has 0 aliphatic carbocycles. The Bertz CT molecular complexity index is 1010. The van der Waals surface area contributed by atoms with Crippen LogP contribution in [0.15, 0.2) is 41.4 Å². The van der Waals surface area contributed by atoms with Gasteiger partial charge in [0.05, 0.1) is 18.3 Å². The van der Waals surface area contributed by atoms with Crippen molar-refractivity contribution in [1.29, 1.82) is 0 Å². The fraction of sp³-hybridized carbons (Fsp3) is 0.273. The van der Waals surface area contributed by atoms with Crippen molar-refractivity contribution in [3.8, 4) is 11.5 Å². The number of hydrogen-bond acceptors (Lipinski definition) is 5. The Hall–Kier alpha value is -3.28. The summed E-state index contributed by atoms with van der Waals surface area (Å²) in [6, 6.07) is 8.23.